The second kappa shape index (κ2) is 14.2. The SMILES string of the molecule is CC(C)=CC/C=C(C)/C=C(/OC(/C=C(\C)CCC=C(C)C)O[Si](C)(C)C(C)(C)C)[Si](C)(C)C(C)(C)C. The second-order valence-electron chi connectivity index (χ2n) is 14.0. The van der Waals surface area contributed by atoms with Crippen LogP contribution in [0.25, 0.3) is 0 Å². The van der Waals surface area contributed by atoms with Crippen molar-refractivity contribution < 1.29 is 9.16 Å². The van der Waals surface area contributed by atoms with Gasteiger partial charge in [0.1, 0.15) is 8.07 Å². The Hall–Kier alpha value is -1.11. The normalized spacial score (nSPS) is 15.5. The van der Waals surface area contributed by atoms with Gasteiger partial charge in [-0.05, 0) is 96.1 Å². The summed E-state index contributed by atoms with van der Waals surface area (Å²) in [4.78, 5) is 0. The molecule has 1 unspecified atom stereocenters. The summed E-state index contributed by atoms with van der Waals surface area (Å²) in [6.45, 7) is 36.5. The first-order chi connectivity index (χ1) is 16.1. The molecule has 0 aliphatic heterocycles. The standard InChI is InChI=1S/C32H60O2Si2/c1-25(2)19-17-21-27(5)23-29(34-36(15,16)32(10,11)12)33-30(35(13,14)31(7,8)9)24-28(6)22-18-20-26(3)4/h19-20,22-24,29H,17-18,21H2,1-16H3/b27-23+,28-22+,30-24-. The fourth-order valence-electron chi connectivity index (χ4n) is 3.07. The molecule has 0 rings (SSSR count). The highest BCUT2D eigenvalue weighted by Gasteiger charge is 2.43. The van der Waals surface area contributed by atoms with Crippen LogP contribution in [-0.4, -0.2) is 22.7 Å². The summed E-state index contributed by atoms with van der Waals surface area (Å²) in [6.07, 6.45) is 14.1. The van der Waals surface area contributed by atoms with Gasteiger partial charge in [-0.1, -0.05) is 95.2 Å². The van der Waals surface area contributed by atoms with Crippen LogP contribution in [0.2, 0.25) is 36.3 Å². The number of allylic oxidation sites excluding steroid dienone is 8. The Balaban J connectivity index is 6.51. The van der Waals surface area contributed by atoms with Gasteiger partial charge in [0, 0.05) is 0 Å². The van der Waals surface area contributed by atoms with Gasteiger partial charge in [0.05, 0.1) is 5.38 Å². The molecule has 0 fully saturated rings. The molecular weight excluding hydrogens is 473 g/mol. The topological polar surface area (TPSA) is 18.5 Å². The van der Waals surface area contributed by atoms with Gasteiger partial charge in [0.15, 0.2) is 8.32 Å². The molecule has 0 aromatic rings. The summed E-state index contributed by atoms with van der Waals surface area (Å²) >= 11 is 0. The van der Waals surface area contributed by atoms with E-state index in [9.17, 15) is 0 Å². The van der Waals surface area contributed by atoms with Crippen molar-refractivity contribution >= 4 is 16.4 Å². The van der Waals surface area contributed by atoms with Crippen LogP contribution in [0.4, 0.5) is 0 Å². The van der Waals surface area contributed by atoms with Crippen molar-refractivity contribution in [2.45, 2.75) is 145 Å². The van der Waals surface area contributed by atoms with E-state index in [2.05, 4.69) is 140 Å². The zero-order valence-corrected chi connectivity index (χ0v) is 28.9. The van der Waals surface area contributed by atoms with Gasteiger partial charge in [0.25, 0.3) is 0 Å². The number of hydrogen-bond acceptors (Lipinski definition) is 2. The molecule has 0 spiro atoms. The Labute approximate surface area is 228 Å². The molecule has 0 aliphatic rings. The average molecular weight is 533 g/mol. The predicted octanol–water partition coefficient (Wildman–Crippen LogP) is 11.3. The van der Waals surface area contributed by atoms with E-state index in [0.29, 0.717) is 0 Å². The fourth-order valence-corrected chi connectivity index (χ4v) is 5.86. The Morgan fingerprint density at radius 1 is 0.750 bits per heavy atom. The van der Waals surface area contributed by atoms with Crippen LogP contribution in [0.5, 0.6) is 0 Å². The monoisotopic (exact) mass is 532 g/mol. The smallest absolute Gasteiger partial charge is 0.209 e. The van der Waals surface area contributed by atoms with E-state index in [1.807, 2.05) is 0 Å². The van der Waals surface area contributed by atoms with Crippen LogP contribution < -0.4 is 0 Å². The first-order valence-electron chi connectivity index (χ1n) is 13.8. The maximum atomic E-state index is 6.96. The predicted molar refractivity (Wildman–Crippen MR) is 169 cm³/mol. The lowest BCUT2D eigenvalue weighted by molar-refractivity contribution is -0.00942. The van der Waals surface area contributed by atoms with E-state index >= 15 is 0 Å². The van der Waals surface area contributed by atoms with Crippen molar-refractivity contribution in [2.24, 2.45) is 0 Å². The molecule has 0 heterocycles. The van der Waals surface area contributed by atoms with Crippen LogP contribution in [-0.2, 0) is 9.16 Å². The Kier molecular flexibility index (Phi) is 13.7. The number of hydrogen-bond donors (Lipinski definition) is 0. The minimum absolute atomic E-state index is 0.111. The van der Waals surface area contributed by atoms with E-state index in [-0.39, 0.29) is 16.4 Å². The molecular formula is C32H60O2Si2. The van der Waals surface area contributed by atoms with Crippen LogP contribution in [0.3, 0.4) is 0 Å². The van der Waals surface area contributed by atoms with Gasteiger partial charge in [-0.15, -0.1) is 0 Å². The largest absolute Gasteiger partial charge is 0.472 e. The molecule has 0 aliphatic carbocycles. The molecule has 0 radical (unpaired) electrons. The Bertz CT molecular complexity index is 846. The van der Waals surface area contributed by atoms with E-state index in [1.165, 1.54) is 22.3 Å². The summed E-state index contributed by atoms with van der Waals surface area (Å²) in [5, 5.41) is 1.39. The highest BCUT2D eigenvalue weighted by Crippen LogP contribution is 2.43. The summed E-state index contributed by atoms with van der Waals surface area (Å²) in [5.74, 6) is 0. The maximum absolute atomic E-state index is 6.96. The van der Waals surface area contributed by atoms with Crippen molar-refractivity contribution in [2.75, 3.05) is 0 Å². The zero-order chi connectivity index (χ0) is 28.5. The van der Waals surface area contributed by atoms with Gasteiger partial charge >= 0.3 is 0 Å². The van der Waals surface area contributed by atoms with E-state index < -0.39 is 16.4 Å². The van der Waals surface area contributed by atoms with E-state index in [0.717, 1.165) is 24.6 Å². The van der Waals surface area contributed by atoms with Gasteiger partial charge in [-0.2, -0.15) is 0 Å². The van der Waals surface area contributed by atoms with Crippen molar-refractivity contribution in [3.8, 4) is 0 Å². The molecule has 4 heteroatoms. The molecule has 0 aromatic heterocycles. The number of rotatable bonds is 12. The van der Waals surface area contributed by atoms with Crippen molar-refractivity contribution in [3.05, 3.63) is 58.1 Å². The lowest BCUT2D eigenvalue weighted by Crippen LogP contribution is -2.46. The van der Waals surface area contributed by atoms with Gasteiger partial charge < -0.3 is 9.16 Å². The first kappa shape index (κ1) is 34.9. The van der Waals surface area contributed by atoms with E-state index in [1.54, 1.807) is 0 Å². The van der Waals surface area contributed by atoms with Crippen LogP contribution in [0.1, 0.15) is 102 Å². The number of ether oxygens (including phenoxy) is 1. The Morgan fingerprint density at radius 2 is 1.28 bits per heavy atom. The van der Waals surface area contributed by atoms with Gasteiger partial charge in [-0.3, -0.25) is 0 Å². The summed E-state index contributed by atoms with van der Waals surface area (Å²) in [5.41, 5.74) is 5.29. The molecule has 0 amide bonds. The minimum Gasteiger partial charge on any atom is -0.472 e. The third-order valence-electron chi connectivity index (χ3n) is 7.79. The van der Waals surface area contributed by atoms with Crippen molar-refractivity contribution in [3.63, 3.8) is 0 Å². The quantitative estimate of drug-likeness (QED) is 0.0817. The molecule has 0 saturated carbocycles. The van der Waals surface area contributed by atoms with Crippen LogP contribution in [0.15, 0.2) is 58.1 Å². The zero-order valence-electron chi connectivity index (χ0n) is 26.9. The van der Waals surface area contributed by atoms with Gasteiger partial charge in [0.2, 0.25) is 6.29 Å². The van der Waals surface area contributed by atoms with Crippen molar-refractivity contribution in [1.82, 2.24) is 0 Å². The molecule has 208 valence electrons. The first-order valence-corrected chi connectivity index (χ1v) is 19.7. The van der Waals surface area contributed by atoms with Crippen LogP contribution >= 0.6 is 0 Å². The molecule has 0 aromatic carbocycles. The second-order valence-corrected chi connectivity index (χ2v) is 24.0. The third-order valence-corrected chi connectivity index (χ3v) is 17.5. The minimum atomic E-state index is -2.04. The molecule has 1 atom stereocenters. The fraction of sp³-hybridized carbons (Fsp3) is 0.688. The Morgan fingerprint density at radius 3 is 1.72 bits per heavy atom. The highest BCUT2D eigenvalue weighted by atomic mass is 28.4. The van der Waals surface area contributed by atoms with Gasteiger partial charge in [-0.25, -0.2) is 0 Å². The molecule has 0 N–H and O–H groups in total. The highest BCUT2D eigenvalue weighted by molar-refractivity contribution is 6.86. The summed E-state index contributed by atoms with van der Waals surface area (Å²) in [6, 6.07) is 0. The summed E-state index contributed by atoms with van der Waals surface area (Å²) < 4.78 is 13.9. The average Bonchev–Trinajstić information content (AvgIpc) is 2.64. The van der Waals surface area contributed by atoms with E-state index in [4.69, 9.17) is 9.16 Å². The van der Waals surface area contributed by atoms with Crippen LogP contribution in [0, 0.1) is 0 Å². The van der Waals surface area contributed by atoms with Crippen molar-refractivity contribution in [1.29, 1.82) is 0 Å². The lowest BCUT2D eigenvalue weighted by Gasteiger charge is -2.42. The molecule has 2 nitrogen and oxygen atoms in total. The molecule has 0 bridgehead atoms. The lowest BCUT2D eigenvalue weighted by atomic mass is 10.1. The molecule has 0 saturated heterocycles. The third kappa shape index (κ3) is 12.4. The summed E-state index contributed by atoms with van der Waals surface area (Å²) in [7, 11) is -4.00. The molecule has 36 heavy (non-hydrogen) atoms. The maximum Gasteiger partial charge on any atom is 0.209 e.